The Morgan fingerprint density at radius 1 is 1.82 bits per heavy atom. The summed E-state index contributed by atoms with van der Waals surface area (Å²) in [6, 6.07) is -0.729. The third-order valence-electron chi connectivity index (χ3n) is 1.33. The van der Waals surface area contributed by atoms with E-state index in [0.717, 1.165) is 12.8 Å². The maximum absolute atomic E-state index is 10.2. The number of carbonyl (C=O) groups is 1. The van der Waals surface area contributed by atoms with Crippen molar-refractivity contribution in [2.75, 3.05) is 0 Å². The molecule has 0 amide bonds. The Balaban J connectivity index is 3.38. The van der Waals surface area contributed by atoms with Crippen LogP contribution in [0.2, 0.25) is 0 Å². The van der Waals surface area contributed by atoms with Crippen LogP contribution in [-0.4, -0.2) is 17.1 Å². The lowest BCUT2D eigenvalue weighted by molar-refractivity contribution is -0.138. The van der Waals surface area contributed by atoms with Crippen molar-refractivity contribution in [2.24, 2.45) is 5.73 Å². The summed E-state index contributed by atoms with van der Waals surface area (Å²) in [4.78, 5) is 10.2. The molecule has 0 heterocycles. The van der Waals surface area contributed by atoms with Crippen molar-refractivity contribution in [3.05, 3.63) is 18.4 Å². The van der Waals surface area contributed by atoms with Gasteiger partial charge in [-0.05, 0) is 25.3 Å². The molecule has 0 bridgehead atoms. The Morgan fingerprint density at radius 2 is 2.45 bits per heavy atom. The highest BCUT2D eigenvalue weighted by Crippen LogP contribution is 1.99. The fourth-order valence-electron chi connectivity index (χ4n) is 0.665. The Morgan fingerprint density at radius 3 is 2.91 bits per heavy atom. The molecular weight excluding hydrogens is 142 g/mol. The molecule has 11 heavy (non-hydrogen) atoms. The minimum absolute atomic E-state index is 0.507. The molecule has 3 nitrogen and oxygen atoms in total. The van der Waals surface area contributed by atoms with Crippen LogP contribution in [-0.2, 0) is 4.79 Å². The number of hydrogen-bond acceptors (Lipinski definition) is 2. The van der Waals surface area contributed by atoms with Gasteiger partial charge in [-0.15, -0.1) is 5.73 Å². The monoisotopic (exact) mass is 155 g/mol. The summed E-state index contributed by atoms with van der Waals surface area (Å²) in [5.41, 5.74) is 7.86. The first-order valence-electron chi connectivity index (χ1n) is 3.51. The molecule has 0 aliphatic carbocycles. The van der Waals surface area contributed by atoms with Gasteiger partial charge in [0.2, 0.25) is 0 Å². The predicted octanol–water partition coefficient (Wildman–Crippen LogP) is 0.910. The molecular formula is C8H13NO2. The van der Waals surface area contributed by atoms with Gasteiger partial charge < -0.3 is 10.8 Å². The van der Waals surface area contributed by atoms with Gasteiger partial charge in [-0.1, -0.05) is 6.58 Å². The summed E-state index contributed by atoms with van der Waals surface area (Å²) in [7, 11) is 0. The first kappa shape index (κ1) is 9.95. The molecule has 62 valence electrons. The van der Waals surface area contributed by atoms with Crippen LogP contribution < -0.4 is 5.73 Å². The normalized spacial score (nSPS) is 11.7. The highest BCUT2D eigenvalue weighted by Gasteiger charge is 2.08. The van der Waals surface area contributed by atoms with Crippen LogP contribution in [0, 0.1) is 0 Å². The second-order valence-electron chi connectivity index (χ2n) is 2.28. The van der Waals surface area contributed by atoms with Crippen molar-refractivity contribution in [3.8, 4) is 0 Å². The fourth-order valence-corrected chi connectivity index (χ4v) is 0.665. The molecule has 0 aliphatic rings. The van der Waals surface area contributed by atoms with Gasteiger partial charge in [0.15, 0.2) is 0 Å². The molecule has 0 rings (SSSR count). The third kappa shape index (κ3) is 5.40. The zero-order valence-electron chi connectivity index (χ0n) is 6.42. The van der Waals surface area contributed by atoms with E-state index < -0.39 is 12.0 Å². The van der Waals surface area contributed by atoms with E-state index in [4.69, 9.17) is 10.8 Å². The number of aliphatic carboxylic acids is 1. The van der Waals surface area contributed by atoms with Crippen LogP contribution >= 0.6 is 0 Å². The van der Waals surface area contributed by atoms with Crippen LogP contribution in [0.3, 0.4) is 0 Å². The van der Waals surface area contributed by atoms with Crippen molar-refractivity contribution >= 4 is 5.97 Å². The molecule has 0 saturated heterocycles. The lowest BCUT2D eigenvalue weighted by Crippen LogP contribution is -2.29. The highest BCUT2D eigenvalue weighted by molar-refractivity contribution is 5.72. The predicted molar refractivity (Wildman–Crippen MR) is 43.2 cm³/mol. The summed E-state index contributed by atoms with van der Waals surface area (Å²) in [6.45, 7) is 3.38. The number of allylic oxidation sites excluding steroid dienone is 1. The molecule has 0 aromatic carbocycles. The summed E-state index contributed by atoms with van der Waals surface area (Å²) in [5.74, 6) is -0.937. The van der Waals surface area contributed by atoms with Gasteiger partial charge in [-0.2, -0.15) is 0 Å². The summed E-state index contributed by atoms with van der Waals surface area (Å²) in [6.07, 6.45) is 3.85. The van der Waals surface area contributed by atoms with E-state index in [9.17, 15) is 4.79 Å². The van der Waals surface area contributed by atoms with E-state index in [-0.39, 0.29) is 0 Å². The van der Waals surface area contributed by atoms with Gasteiger partial charge in [0, 0.05) is 0 Å². The SMILES string of the molecule is C=C=CCCC[C@H](N)C(=O)O. The number of carboxylic acids is 1. The van der Waals surface area contributed by atoms with Crippen LogP contribution in [0.25, 0.3) is 0 Å². The van der Waals surface area contributed by atoms with Crippen molar-refractivity contribution in [3.63, 3.8) is 0 Å². The second-order valence-corrected chi connectivity index (χ2v) is 2.28. The number of unbranched alkanes of at least 4 members (excludes halogenated alkanes) is 1. The third-order valence-corrected chi connectivity index (χ3v) is 1.33. The van der Waals surface area contributed by atoms with Crippen LogP contribution in [0.4, 0.5) is 0 Å². The van der Waals surface area contributed by atoms with E-state index in [1.54, 1.807) is 6.08 Å². The van der Waals surface area contributed by atoms with Crippen LogP contribution in [0.1, 0.15) is 19.3 Å². The Labute approximate surface area is 66.2 Å². The van der Waals surface area contributed by atoms with Gasteiger partial charge in [-0.25, -0.2) is 0 Å². The molecule has 1 atom stereocenters. The minimum atomic E-state index is -0.937. The smallest absolute Gasteiger partial charge is 0.320 e. The number of hydrogen-bond donors (Lipinski definition) is 2. The van der Waals surface area contributed by atoms with Gasteiger partial charge >= 0.3 is 5.97 Å². The van der Waals surface area contributed by atoms with E-state index in [2.05, 4.69) is 12.3 Å². The molecule has 0 spiro atoms. The van der Waals surface area contributed by atoms with E-state index >= 15 is 0 Å². The largest absolute Gasteiger partial charge is 0.480 e. The van der Waals surface area contributed by atoms with Gasteiger partial charge in [-0.3, -0.25) is 4.79 Å². The van der Waals surface area contributed by atoms with Crippen LogP contribution in [0.15, 0.2) is 18.4 Å². The molecule has 0 aromatic rings. The van der Waals surface area contributed by atoms with E-state index in [0.29, 0.717) is 6.42 Å². The first-order chi connectivity index (χ1) is 5.18. The van der Waals surface area contributed by atoms with Crippen LogP contribution in [0.5, 0.6) is 0 Å². The van der Waals surface area contributed by atoms with E-state index in [1.165, 1.54) is 0 Å². The maximum Gasteiger partial charge on any atom is 0.320 e. The van der Waals surface area contributed by atoms with Gasteiger partial charge in [0.05, 0.1) is 0 Å². The first-order valence-corrected chi connectivity index (χ1v) is 3.51. The highest BCUT2D eigenvalue weighted by atomic mass is 16.4. The van der Waals surface area contributed by atoms with Crippen molar-refractivity contribution in [1.82, 2.24) is 0 Å². The fraction of sp³-hybridized carbons (Fsp3) is 0.500. The number of nitrogens with two attached hydrogens (primary N) is 1. The summed E-state index contributed by atoms with van der Waals surface area (Å²) < 4.78 is 0. The average Bonchev–Trinajstić information content (AvgIpc) is 1.97. The zero-order valence-corrected chi connectivity index (χ0v) is 6.42. The van der Waals surface area contributed by atoms with Crippen molar-refractivity contribution < 1.29 is 9.90 Å². The van der Waals surface area contributed by atoms with Gasteiger partial charge in [0.25, 0.3) is 0 Å². The Hall–Kier alpha value is -1.05. The lowest BCUT2D eigenvalue weighted by atomic mass is 10.1. The van der Waals surface area contributed by atoms with Crippen molar-refractivity contribution in [1.29, 1.82) is 0 Å². The topological polar surface area (TPSA) is 63.3 Å². The lowest BCUT2D eigenvalue weighted by Gasteiger charge is -2.02. The Bertz CT molecular complexity index is 171. The zero-order chi connectivity index (χ0) is 8.69. The standard InChI is InChI=1S/C8H13NO2/c1-2-3-4-5-6-7(9)8(10)11/h3,7H,1,4-6,9H2,(H,10,11)/t7-/m0/s1. The Kier molecular flexibility index (Phi) is 5.17. The number of rotatable bonds is 5. The van der Waals surface area contributed by atoms with E-state index in [1.807, 2.05) is 0 Å². The quantitative estimate of drug-likeness (QED) is 0.458. The molecule has 3 heteroatoms. The summed E-state index contributed by atoms with van der Waals surface area (Å²) in [5, 5.41) is 8.38. The minimum Gasteiger partial charge on any atom is -0.480 e. The molecule has 0 aromatic heterocycles. The molecule has 3 N–H and O–H groups in total. The number of carboxylic acid groups (broad SMARTS) is 1. The molecule has 0 saturated carbocycles. The second kappa shape index (κ2) is 5.71. The molecule has 0 unspecified atom stereocenters. The molecule has 0 fully saturated rings. The van der Waals surface area contributed by atoms with Crippen molar-refractivity contribution in [2.45, 2.75) is 25.3 Å². The molecule has 0 radical (unpaired) electrons. The maximum atomic E-state index is 10.2. The van der Waals surface area contributed by atoms with Gasteiger partial charge in [0.1, 0.15) is 6.04 Å². The average molecular weight is 155 g/mol. The molecule has 0 aliphatic heterocycles. The summed E-state index contributed by atoms with van der Waals surface area (Å²) >= 11 is 0.